The molecule has 0 bridgehead atoms. The van der Waals surface area contributed by atoms with Gasteiger partial charge in [-0.2, -0.15) is 0 Å². The monoisotopic (exact) mass is 660 g/mol. The van der Waals surface area contributed by atoms with E-state index in [1.54, 1.807) is 4.90 Å². The molecule has 3 heterocycles. The number of anilines is 1. The Kier molecular flexibility index (Phi) is 10.7. The zero-order valence-electron chi connectivity index (χ0n) is 26.3. The number of nitrogens with one attached hydrogen (secondary N) is 1. The maximum atomic E-state index is 12.8. The maximum Gasteiger partial charge on any atom is 0.287 e. The zero-order chi connectivity index (χ0) is 33.5. The van der Waals surface area contributed by atoms with E-state index >= 15 is 0 Å². The third-order valence-electron chi connectivity index (χ3n) is 8.16. The molecular weight excluding hydrogens is 624 g/mol. The van der Waals surface area contributed by atoms with Crippen LogP contribution in [-0.2, 0) is 16.1 Å². The second-order valence-electron chi connectivity index (χ2n) is 11.4. The van der Waals surface area contributed by atoms with Gasteiger partial charge in [-0.3, -0.25) is 19.2 Å². The molecule has 3 amide bonds. The number of rotatable bonds is 7. The Bertz CT molecular complexity index is 1800. The summed E-state index contributed by atoms with van der Waals surface area (Å²) in [6.45, 7) is 5.38. The van der Waals surface area contributed by atoms with Gasteiger partial charge < -0.3 is 34.3 Å². The van der Waals surface area contributed by atoms with Crippen LogP contribution in [-0.4, -0.2) is 79.0 Å². The fourth-order valence-corrected chi connectivity index (χ4v) is 5.69. The number of likely N-dealkylation sites (tertiary alicyclic amines) is 1. The number of aryl methyl sites for hydroxylation is 1. The van der Waals surface area contributed by atoms with Gasteiger partial charge in [0, 0.05) is 68.5 Å². The van der Waals surface area contributed by atoms with Crippen LogP contribution in [0.15, 0.2) is 75.9 Å². The Balaban J connectivity index is 0.000000474. The van der Waals surface area contributed by atoms with Crippen LogP contribution in [0.4, 0.5) is 5.69 Å². The van der Waals surface area contributed by atoms with E-state index in [9.17, 15) is 24.3 Å². The van der Waals surface area contributed by atoms with Crippen LogP contribution in [0.25, 0.3) is 11.0 Å². The molecule has 2 aliphatic heterocycles. The topological polar surface area (TPSA) is 133 Å². The van der Waals surface area contributed by atoms with Crippen LogP contribution in [0.5, 0.6) is 11.5 Å². The van der Waals surface area contributed by atoms with Crippen molar-refractivity contribution in [2.24, 2.45) is 0 Å². The summed E-state index contributed by atoms with van der Waals surface area (Å²) in [6, 6.07) is 19.4. The average molecular weight is 661 g/mol. The van der Waals surface area contributed by atoms with E-state index in [2.05, 4.69) is 10.2 Å². The van der Waals surface area contributed by atoms with Crippen molar-refractivity contribution >= 4 is 46.0 Å². The van der Waals surface area contributed by atoms with Gasteiger partial charge in [0.1, 0.15) is 5.58 Å². The third-order valence-corrected chi connectivity index (χ3v) is 8.41. The summed E-state index contributed by atoms with van der Waals surface area (Å²) in [5.41, 5.74) is 2.98. The summed E-state index contributed by atoms with van der Waals surface area (Å²) in [7, 11) is 1.36. The average Bonchev–Trinajstić information content (AvgIpc) is 3.49. The van der Waals surface area contributed by atoms with E-state index in [0.29, 0.717) is 39.1 Å². The SMILES string of the molecule is COc1cc2oc(C(=O)NCC(=O)N3CCN(c4ccccc4CN4CCCC4=O)CC3)cc(=O)c2cc1O.Cc1ccc(Cl)cc1. The molecule has 6 rings (SSSR count). The highest BCUT2D eigenvalue weighted by atomic mass is 35.5. The Hall–Kier alpha value is -5.03. The molecule has 2 aliphatic rings. The quantitative estimate of drug-likeness (QED) is 0.299. The summed E-state index contributed by atoms with van der Waals surface area (Å²) in [6.07, 6.45) is 1.50. The lowest BCUT2D eigenvalue weighted by Gasteiger charge is -2.37. The number of hydrogen-bond acceptors (Lipinski definition) is 8. The first-order valence-electron chi connectivity index (χ1n) is 15.4. The summed E-state index contributed by atoms with van der Waals surface area (Å²) in [5, 5.41) is 13.3. The van der Waals surface area contributed by atoms with Crippen LogP contribution in [0.1, 0.15) is 34.5 Å². The number of methoxy groups -OCH3 is 1. The van der Waals surface area contributed by atoms with Gasteiger partial charge in [0.2, 0.25) is 11.8 Å². The summed E-state index contributed by atoms with van der Waals surface area (Å²) >= 11 is 5.61. The lowest BCUT2D eigenvalue weighted by atomic mass is 10.1. The van der Waals surface area contributed by atoms with E-state index in [4.69, 9.17) is 20.8 Å². The second-order valence-corrected chi connectivity index (χ2v) is 11.8. The number of fused-ring (bicyclic) bond motifs is 1. The molecule has 0 saturated carbocycles. The van der Waals surface area contributed by atoms with E-state index in [0.717, 1.165) is 35.3 Å². The number of phenolic OH excluding ortho intramolecular Hbond substituents is 1. The van der Waals surface area contributed by atoms with Gasteiger partial charge in [-0.15, -0.1) is 0 Å². The second kappa shape index (κ2) is 15.0. The number of hydrogen-bond donors (Lipinski definition) is 2. The molecule has 246 valence electrons. The lowest BCUT2D eigenvalue weighted by Crippen LogP contribution is -2.51. The molecule has 2 fully saturated rings. The highest BCUT2D eigenvalue weighted by Crippen LogP contribution is 2.30. The highest BCUT2D eigenvalue weighted by molar-refractivity contribution is 6.30. The van der Waals surface area contributed by atoms with Crippen molar-refractivity contribution in [3.63, 3.8) is 0 Å². The van der Waals surface area contributed by atoms with E-state index in [-0.39, 0.29) is 46.6 Å². The normalized spacial score (nSPS) is 14.5. The number of nitrogens with zero attached hydrogens (tertiary/aromatic N) is 3. The van der Waals surface area contributed by atoms with E-state index < -0.39 is 11.3 Å². The molecule has 0 spiro atoms. The van der Waals surface area contributed by atoms with E-state index in [1.807, 2.05) is 60.4 Å². The van der Waals surface area contributed by atoms with Crippen molar-refractivity contribution in [3.8, 4) is 11.5 Å². The number of carbonyl (C=O) groups excluding carboxylic acids is 3. The fraction of sp³-hybridized carbons (Fsp3) is 0.314. The maximum absolute atomic E-state index is 12.8. The van der Waals surface area contributed by atoms with Crippen molar-refractivity contribution in [1.82, 2.24) is 15.1 Å². The molecule has 2 saturated heterocycles. The minimum atomic E-state index is -0.696. The van der Waals surface area contributed by atoms with Gasteiger partial charge >= 0.3 is 0 Å². The summed E-state index contributed by atoms with van der Waals surface area (Å²) in [4.78, 5) is 55.8. The molecule has 0 radical (unpaired) electrons. The van der Waals surface area contributed by atoms with Crippen LogP contribution in [0.3, 0.4) is 0 Å². The third kappa shape index (κ3) is 8.23. The van der Waals surface area contributed by atoms with Gasteiger partial charge in [-0.05, 0) is 43.2 Å². The number of para-hydroxylation sites is 1. The molecule has 4 aromatic rings. The Labute approximate surface area is 277 Å². The molecule has 12 heteroatoms. The molecular formula is C35H37ClN4O7. The Morgan fingerprint density at radius 1 is 0.979 bits per heavy atom. The van der Waals surface area contributed by atoms with Crippen molar-refractivity contribution < 1.29 is 28.6 Å². The van der Waals surface area contributed by atoms with Gasteiger partial charge in [0.25, 0.3) is 5.91 Å². The largest absolute Gasteiger partial charge is 0.504 e. The molecule has 47 heavy (non-hydrogen) atoms. The first-order chi connectivity index (χ1) is 22.6. The molecule has 0 unspecified atom stereocenters. The summed E-state index contributed by atoms with van der Waals surface area (Å²) in [5.74, 6) is -1.11. The number of ether oxygens (including phenoxy) is 1. The van der Waals surface area contributed by atoms with Crippen molar-refractivity contribution in [1.29, 1.82) is 0 Å². The molecule has 0 atom stereocenters. The lowest BCUT2D eigenvalue weighted by molar-refractivity contribution is -0.130. The molecule has 11 nitrogen and oxygen atoms in total. The number of piperazine rings is 1. The van der Waals surface area contributed by atoms with Crippen molar-refractivity contribution in [2.45, 2.75) is 26.3 Å². The van der Waals surface area contributed by atoms with E-state index in [1.165, 1.54) is 24.8 Å². The van der Waals surface area contributed by atoms with Gasteiger partial charge in [-0.1, -0.05) is 47.5 Å². The highest BCUT2D eigenvalue weighted by Gasteiger charge is 2.26. The van der Waals surface area contributed by atoms with Gasteiger partial charge in [-0.25, -0.2) is 0 Å². The zero-order valence-corrected chi connectivity index (χ0v) is 27.1. The number of amides is 3. The standard InChI is InChI=1S/C28H30N4O7.C7H7Cl/c1-38-24-15-23-19(13-22(24)34)21(33)14-25(39-23)28(37)29-16-27(36)31-11-9-30(10-12-31)20-6-3-2-5-18(20)17-32-8-4-7-26(32)35;1-6-2-4-7(8)5-3-6/h2-3,5-6,13-15,34H,4,7-12,16-17H2,1H3,(H,29,37);2-5H,1H3. The van der Waals surface area contributed by atoms with Gasteiger partial charge in [0.05, 0.1) is 19.0 Å². The Morgan fingerprint density at radius 2 is 1.70 bits per heavy atom. The number of aromatic hydroxyl groups is 1. The molecule has 3 aromatic carbocycles. The summed E-state index contributed by atoms with van der Waals surface area (Å²) < 4.78 is 10.6. The first-order valence-corrected chi connectivity index (χ1v) is 15.7. The molecule has 1 aromatic heterocycles. The first kappa shape index (κ1) is 33.3. The van der Waals surface area contributed by atoms with Crippen LogP contribution >= 0.6 is 11.6 Å². The minimum Gasteiger partial charge on any atom is -0.504 e. The molecule has 0 aliphatic carbocycles. The van der Waals surface area contributed by atoms with Crippen molar-refractivity contribution in [3.05, 3.63) is 98.9 Å². The number of phenols is 1. The predicted molar refractivity (Wildman–Crippen MR) is 179 cm³/mol. The van der Waals surface area contributed by atoms with Crippen LogP contribution in [0.2, 0.25) is 5.02 Å². The van der Waals surface area contributed by atoms with Crippen LogP contribution < -0.4 is 20.4 Å². The smallest absolute Gasteiger partial charge is 0.287 e. The molecule has 2 N–H and O–H groups in total. The number of benzene rings is 3. The number of halogens is 1. The fourth-order valence-electron chi connectivity index (χ4n) is 5.56. The number of carbonyl (C=O) groups is 3. The van der Waals surface area contributed by atoms with Crippen molar-refractivity contribution in [2.75, 3.05) is 51.3 Å². The predicted octanol–water partition coefficient (Wildman–Crippen LogP) is 4.36. The van der Waals surface area contributed by atoms with Crippen LogP contribution in [0, 0.1) is 6.92 Å². The van der Waals surface area contributed by atoms with Gasteiger partial charge in [0.15, 0.2) is 22.7 Å². The Morgan fingerprint density at radius 3 is 2.36 bits per heavy atom. The minimum absolute atomic E-state index is 0.0825.